The first kappa shape index (κ1) is 15.3. The molecule has 1 N–H and O–H groups in total. The summed E-state index contributed by atoms with van der Waals surface area (Å²) in [6, 6.07) is 4.11. The predicted octanol–water partition coefficient (Wildman–Crippen LogP) is 4.10. The molecule has 1 saturated carbocycles. The molecule has 3 unspecified atom stereocenters. The smallest absolute Gasteiger partial charge is 0.125 e. The summed E-state index contributed by atoms with van der Waals surface area (Å²) in [5.41, 5.74) is 1.20. The minimum Gasteiger partial charge on any atom is -0.373 e. The highest BCUT2D eigenvalue weighted by molar-refractivity contribution is 5.36. The van der Waals surface area contributed by atoms with Crippen molar-refractivity contribution in [1.29, 1.82) is 0 Å². The van der Waals surface area contributed by atoms with Crippen molar-refractivity contribution >= 4 is 5.82 Å². The van der Waals surface area contributed by atoms with E-state index in [1.807, 2.05) is 19.3 Å². The summed E-state index contributed by atoms with van der Waals surface area (Å²) >= 11 is 0. The Morgan fingerprint density at radius 2 is 2.20 bits per heavy atom. The lowest BCUT2D eigenvalue weighted by atomic mass is 9.75. The van der Waals surface area contributed by atoms with Crippen LogP contribution in [0, 0.1) is 17.8 Å². The van der Waals surface area contributed by atoms with Gasteiger partial charge >= 0.3 is 0 Å². The largest absolute Gasteiger partial charge is 0.373 e. The highest BCUT2D eigenvalue weighted by Crippen LogP contribution is 2.35. The molecule has 1 aromatic rings. The molecule has 2 rings (SSSR count). The Hall–Kier alpha value is -1.09. The summed E-state index contributed by atoms with van der Waals surface area (Å²) in [5.74, 6) is 3.11. The molecular weight excluding hydrogens is 248 g/mol. The van der Waals surface area contributed by atoms with Crippen molar-refractivity contribution in [3.8, 4) is 0 Å². The Morgan fingerprint density at radius 1 is 1.40 bits per heavy atom. The van der Waals surface area contributed by atoms with Gasteiger partial charge in [0.2, 0.25) is 0 Å². The van der Waals surface area contributed by atoms with E-state index in [1.54, 1.807) is 0 Å². The second-order valence-electron chi connectivity index (χ2n) is 6.47. The molecule has 3 nitrogen and oxygen atoms in total. The van der Waals surface area contributed by atoms with Gasteiger partial charge in [0, 0.05) is 13.2 Å². The second kappa shape index (κ2) is 7.07. The number of hydrogen-bond donors (Lipinski definition) is 1. The molecule has 1 aliphatic rings. The molecule has 3 atom stereocenters. The van der Waals surface area contributed by atoms with Crippen LogP contribution >= 0.6 is 0 Å². The van der Waals surface area contributed by atoms with E-state index in [4.69, 9.17) is 4.74 Å². The maximum absolute atomic E-state index is 6.26. The molecule has 20 heavy (non-hydrogen) atoms. The predicted molar refractivity (Wildman–Crippen MR) is 83.7 cm³/mol. The van der Waals surface area contributed by atoms with Crippen molar-refractivity contribution in [2.24, 2.45) is 17.8 Å². The van der Waals surface area contributed by atoms with Crippen molar-refractivity contribution in [2.45, 2.75) is 52.7 Å². The molecule has 0 amide bonds. The van der Waals surface area contributed by atoms with E-state index in [2.05, 4.69) is 37.1 Å². The highest BCUT2D eigenvalue weighted by Gasteiger charge is 2.31. The first-order valence-electron chi connectivity index (χ1n) is 7.84. The molecule has 1 fully saturated rings. The molecule has 0 bridgehead atoms. The lowest BCUT2D eigenvalue weighted by Crippen LogP contribution is -2.34. The first-order chi connectivity index (χ1) is 9.60. The molecule has 1 aromatic heterocycles. The van der Waals surface area contributed by atoms with Crippen molar-refractivity contribution in [1.82, 2.24) is 4.98 Å². The Labute approximate surface area is 123 Å². The molecule has 0 aromatic carbocycles. The van der Waals surface area contributed by atoms with Gasteiger partial charge in [-0.25, -0.2) is 4.98 Å². The normalized spacial score (nSPS) is 26.8. The number of pyridine rings is 1. The lowest BCUT2D eigenvalue weighted by Gasteiger charge is -2.37. The summed E-state index contributed by atoms with van der Waals surface area (Å²) in [4.78, 5) is 4.24. The van der Waals surface area contributed by atoms with Crippen LogP contribution in [0.4, 0.5) is 5.82 Å². The van der Waals surface area contributed by atoms with Gasteiger partial charge in [-0.2, -0.15) is 0 Å². The summed E-state index contributed by atoms with van der Waals surface area (Å²) in [6.07, 6.45) is 6.11. The van der Waals surface area contributed by atoms with Gasteiger partial charge in [0.05, 0.1) is 12.7 Å². The van der Waals surface area contributed by atoms with Gasteiger partial charge in [0.15, 0.2) is 0 Å². The Balaban J connectivity index is 1.96. The molecule has 0 spiro atoms. The number of aromatic nitrogens is 1. The molecule has 0 saturated heterocycles. The van der Waals surface area contributed by atoms with Crippen molar-refractivity contribution in [3.05, 3.63) is 23.9 Å². The monoisotopic (exact) mass is 276 g/mol. The Kier molecular flexibility index (Phi) is 5.41. The van der Waals surface area contributed by atoms with E-state index in [-0.39, 0.29) is 0 Å². The van der Waals surface area contributed by atoms with E-state index in [0.29, 0.717) is 24.5 Å². The van der Waals surface area contributed by atoms with Crippen molar-refractivity contribution < 1.29 is 4.74 Å². The standard InChI is InChI=1S/C17H28N2O/c1-12(2)15-6-5-13(3)9-16(15)20-11-14-7-8-19-17(10-14)18-4/h7-8,10,12-13,15-16H,5-6,9,11H2,1-4H3,(H,18,19). The number of anilines is 1. The molecule has 3 heteroatoms. The average Bonchev–Trinajstić information content (AvgIpc) is 2.45. The fourth-order valence-corrected chi connectivity index (χ4v) is 3.21. The molecule has 0 radical (unpaired) electrons. The number of nitrogens with one attached hydrogen (secondary N) is 1. The Bertz CT molecular complexity index is 419. The third-order valence-electron chi connectivity index (χ3n) is 4.51. The Morgan fingerprint density at radius 3 is 2.90 bits per heavy atom. The zero-order chi connectivity index (χ0) is 14.5. The molecule has 112 valence electrons. The van der Waals surface area contributed by atoms with Gasteiger partial charge < -0.3 is 10.1 Å². The van der Waals surface area contributed by atoms with E-state index in [0.717, 1.165) is 11.7 Å². The van der Waals surface area contributed by atoms with E-state index >= 15 is 0 Å². The van der Waals surface area contributed by atoms with Crippen LogP contribution in [-0.4, -0.2) is 18.1 Å². The number of ether oxygens (including phenoxy) is 1. The first-order valence-corrected chi connectivity index (χ1v) is 7.84. The van der Waals surface area contributed by atoms with E-state index in [1.165, 1.54) is 24.8 Å². The van der Waals surface area contributed by atoms with Crippen LogP contribution in [-0.2, 0) is 11.3 Å². The highest BCUT2D eigenvalue weighted by atomic mass is 16.5. The number of hydrogen-bond acceptors (Lipinski definition) is 3. The van der Waals surface area contributed by atoms with E-state index < -0.39 is 0 Å². The fraction of sp³-hybridized carbons (Fsp3) is 0.706. The third kappa shape index (κ3) is 3.95. The van der Waals surface area contributed by atoms with E-state index in [9.17, 15) is 0 Å². The number of rotatable bonds is 5. The van der Waals surface area contributed by atoms with Crippen LogP contribution in [0.25, 0.3) is 0 Å². The zero-order valence-electron chi connectivity index (χ0n) is 13.2. The average molecular weight is 276 g/mol. The van der Waals surface area contributed by atoms with Gasteiger partial charge in [-0.3, -0.25) is 0 Å². The van der Waals surface area contributed by atoms with Crippen LogP contribution in [0.3, 0.4) is 0 Å². The summed E-state index contributed by atoms with van der Waals surface area (Å²) in [5, 5.41) is 3.07. The maximum Gasteiger partial charge on any atom is 0.125 e. The minimum absolute atomic E-state index is 0.407. The molecule has 1 aliphatic carbocycles. The van der Waals surface area contributed by atoms with Crippen LogP contribution in [0.5, 0.6) is 0 Å². The second-order valence-corrected chi connectivity index (χ2v) is 6.47. The van der Waals surface area contributed by atoms with Crippen molar-refractivity contribution in [2.75, 3.05) is 12.4 Å². The van der Waals surface area contributed by atoms with Gasteiger partial charge in [0.25, 0.3) is 0 Å². The van der Waals surface area contributed by atoms with Crippen LogP contribution in [0.15, 0.2) is 18.3 Å². The topological polar surface area (TPSA) is 34.1 Å². The molecule has 1 heterocycles. The van der Waals surface area contributed by atoms with Gasteiger partial charge in [-0.05, 0) is 48.3 Å². The summed E-state index contributed by atoms with van der Waals surface area (Å²) < 4.78 is 6.26. The maximum atomic E-state index is 6.26. The quantitative estimate of drug-likeness (QED) is 0.879. The van der Waals surface area contributed by atoms with Crippen molar-refractivity contribution in [3.63, 3.8) is 0 Å². The minimum atomic E-state index is 0.407. The third-order valence-corrected chi connectivity index (χ3v) is 4.51. The van der Waals surface area contributed by atoms with Gasteiger partial charge in [0.1, 0.15) is 5.82 Å². The molecular formula is C17H28N2O. The van der Waals surface area contributed by atoms with Gasteiger partial charge in [-0.15, -0.1) is 0 Å². The van der Waals surface area contributed by atoms with Crippen LogP contribution < -0.4 is 5.32 Å². The lowest BCUT2D eigenvalue weighted by molar-refractivity contribution is -0.0472. The van der Waals surface area contributed by atoms with Crippen LogP contribution in [0.2, 0.25) is 0 Å². The van der Waals surface area contributed by atoms with Gasteiger partial charge in [-0.1, -0.05) is 27.2 Å². The molecule has 0 aliphatic heterocycles. The fourth-order valence-electron chi connectivity index (χ4n) is 3.21. The number of nitrogens with zero attached hydrogens (tertiary/aromatic N) is 1. The SMILES string of the molecule is CNc1cc(COC2CC(C)CCC2C(C)C)ccn1. The zero-order valence-corrected chi connectivity index (χ0v) is 13.2. The summed E-state index contributed by atoms with van der Waals surface area (Å²) in [7, 11) is 1.89. The van der Waals surface area contributed by atoms with Crippen LogP contribution in [0.1, 0.15) is 45.6 Å². The summed E-state index contributed by atoms with van der Waals surface area (Å²) in [6.45, 7) is 7.68.